The lowest BCUT2D eigenvalue weighted by Crippen LogP contribution is -2.41. The summed E-state index contributed by atoms with van der Waals surface area (Å²) < 4.78 is 43.0. The lowest BCUT2D eigenvalue weighted by Gasteiger charge is -2.25. The van der Waals surface area contributed by atoms with Gasteiger partial charge in [0, 0.05) is 11.7 Å². The summed E-state index contributed by atoms with van der Waals surface area (Å²) in [6.07, 6.45) is -2.08. The fourth-order valence-electron chi connectivity index (χ4n) is 2.78. The molecule has 2 aromatic rings. The number of amides is 1. The molecule has 31 heavy (non-hydrogen) atoms. The van der Waals surface area contributed by atoms with Gasteiger partial charge in [0.15, 0.2) is 17.6 Å². The van der Waals surface area contributed by atoms with Gasteiger partial charge in [0.1, 0.15) is 6.61 Å². The van der Waals surface area contributed by atoms with Crippen LogP contribution in [-0.4, -0.2) is 45.2 Å². The minimum absolute atomic E-state index is 0.0233. The van der Waals surface area contributed by atoms with Gasteiger partial charge in [-0.05, 0) is 57.2 Å². The summed E-state index contributed by atoms with van der Waals surface area (Å²) in [4.78, 5) is 24.8. The molecule has 0 radical (unpaired) electrons. The third-order valence-electron chi connectivity index (χ3n) is 4.26. The number of hydrogen-bond donors (Lipinski definition) is 2. The lowest BCUT2D eigenvalue weighted by molar-refractivity contribution is -0.162. The van der Waals surface area contributed by atoms with Crippen molar-refractivity contribution in [2.75, 3.05) is 11.9 Å². The number of anilines is 1. The van der Waals surface area contributed by atoms with Crippen molar-refractivity contribution >= 4 is 27.6 Å². The number of benzene rings is 2. The molecule has 0 aromatic heterocycles. The van der Waals surface area contributed by atoms with Crippen molar-refractivity contribution in [2.45, 2.75) is 43.9 Å². The van der Waals surface area contributed by atoms with Crippen LogP contribution in [-0.2, 0) is 24.3 Å². The van der Waals surface area contributed by atoms with Gasteiger partial charge < -0.3 is 19.5 Å². The predicted molar refractivity (Wildman–Crippen MR) is 112 cm³/mol. The van der Waals surface area contributed by atoms with E-state index in [0.717, 1.165) is 0 Å². The Hall–Kier alpha value is -3.11. The molecule has 2 N–H and O–H groups in total. The van der Waals surface area contributed by atoms with E-state index in [1.165, 1.54) is 31.2 Å². The van der Waals surface area contributed by atoms with E-state index in [-0.39, 0.29) is 17.5 Å². The number of ether oxygens (including phenoxy) is 3. The van der Waals surface area contributed by atoms with Crippen LogP contribution in [0.15, 0.2) is 53.4 Å². The van der Waals surface area contributed by atoms with Crippen LogP contribution in [0.3, 0.4) is 0 Å². The maximum atomic E-state index is 12.4. The zero-order valence-corrected chi connectivity index (χ0v) is 18.1. The van der Waals surface area contributed by atoms with Crippen molar-refractivity contribution in [3.8, 4) is 11.5 Å². The average Bonchev–Trinajstić information content (AvgIpc) is 2.72. The molecular weight excluding hydrogens is 424 g/mol. The van der Waals surface area contributed by atoms with Gasteiger partial charge in [-0.25, -0.2) is 17.9 Å². The first-order valence-electron chi connectivity index (χ1n) is 9.68. The second kappa shape index (κ2) is 9.36. The van der Waals surface area contributed by atoms with Crippen molar-refractivity contribution < 1.29 is 32.2 Å². The molecule has 1 amide bonds. The quantitative estimate of drug-likeness (QED) is 0.622. The SMILES string of the molecule is CC(C)NS(=O)(=O)c1ccc(NC(=O)[C@@H](C)OC(=O)[C@H]2COc3ccccc3O2)cc1. The summed E-state index contributed by atoms with van der Waals surface area (Å²) in [6.45, 7) is 4.84. The van der Waals surface area contributed by atoms with E-state index in [4.69, 9.17) is 14.2 Å². The van der Waals surface area contributed by atoms with Crippen LogP contribution in [0, 0.1) is 0 Å². The molecule has 2 atom stereocenters. The number of hydrogen-bond acceptors (Lipinski definition) is 7. The van der Waals surface area contributed by atoms with E-state index < -0.39 is 34.1 Å². The van der Waals surface area contributed by atoms with E-state index in [9.17, 15) is 18.0 Å². The minimum atomic E-state index is -3.63. The van der Waals surface area contributed by atoms with Crippen molar-refractivity contribution in [3.63, 3.8) is 0 Å². The van der Waals surface area contributed by atoms with Gasteiger partial charge in [-0.15, -0.1) is 0 Å². The molecule has 0 saturated heterocycles. The minimum Gasteiger partial charge on any atom is -0.485 e. The highest BCUT2D eigenvalue weighted by atomic mass is 32.2. The Labute approximate surface area is 180 Å². The van der Waals surface area contributed by atoms with Crippen molar-refractivity contribution in [1.29, 1.82) is 0 Å². The highest BCUT2D eigenvalue weighted by Gasteiger charge is 2.31. The Balaban J connectivity index is 1.55. The van der Waals surface area contributed by atoms with Gasteiger partial charge >= 0.3 is 5.97 Å². The highest BCUT2D eigenvalue weighted by molar-refractivity contribution is 7.89. The standard InChI is InChI=1S/C21H24N2O7S/c1-13(2)23-31(26,27)16-10-8-15(9-11-16)22-20(24)14(3)29-21(25)19-12-28-17-6-4-5-7-18(17)30-19/h4-11,13-14,19,23H,12H2,1-3H3,(H,22,24)/t14-,19-/m1/s1. The Kier molecular flexibility index (Phi) is 6.81. The maximum Gasteiger partial charge on any atom is 0.351 e. The lowest BCUT2D eigenvalue weighted by atomic mass is 10.2. The zero-order chi connectivity index (χ0) is 22.6. The van der Waals surface area contributed by atoms with Crippen molar-refractivity contribution in [1.82, 2.24) is 4.72 Å². The third kappa shape index (κ3) is 5.74. The first kappa shape index (κ1) is 22.6. The summed E-state index contributed by atoms with van der Waals surface area (Å²) in [5.74, 6) is -0.332. The first-order valence-corrected chi connectivity index (χ1v) is 11.2. The maximum absolute atomic E-state index is 12.4. The van der Waals surface area contributed by atoms with Gasteiger partial charge in [-0.1, -0.05) is 12.1 Å². The van der Waals surface area contributed by atoms with Crippen LogP contribution in [0.1, 0.15) is 20.8 Å². The summed E-state index contributed by atoms with van der Waals surface area (Å²) in [6, 6.07) is 12.4. The molecule has 3 rings (SSSR count). The molecule has 1 aliphatic heterocycles. The molecular formula is C21H24N2O7S. The normalized spacial score (nSPS) is 16.5. The number of esters is 1. The van der Waals surface area contributed by atoms with Crippen LogP contribution in [0.4, 0.5) is 5.69 Å². The molecule has 2 aromatic carbocycles. The molecule has 0 saturated carbocycles. The fourth-order valence-corrected chi connectivity index (χ4v) is 4.03. The van der Waals surface area contributed by atoms with E-state index in [0.29, 0.717) is 17.2 Å². The number of nitrogens with one attached hydrogen (secondary N) is 2. The Morgan fingerprint density at radius 2 is 1.68 bits per heavy atom. The summed E-state index contributed by atoms with van der Waals surface area (Å²) in [7, 11) is -3.63. The summed E-state index contributed by atoms with van der Waals surface area (Å²) in [5, 5.41) is 2.58. The van der Waals surface area contributed by atoms with Gasteiger partial charge in [0.2, 0.25) is 16.1 Å². The molecule has 166 valence electrons. The number of carbonyl (C=O) groups excluding carboxylic acids is 2. The first-order chi connectivity index (χ1) is 14.7. The second-order valence-electron chi connectivity index (χ2n) is 7.23. The third-order valence-corrected chi connectivity index (χ3v) is 5.93. The molecule has 0 spiro atoms. The number of para-hydroxylation sites is 2. The molecule has 9 nitrogen and oxygen atoms in total. The van der Waals surface area contributed by atoms with Gasteiger partial charge in [0.25, 0.3) is 5.91 Å². The highest BCUT2D eigenvalue weighted by Crippen LogP contribution is 2.31. The zero-order valence-electron chi connectivity index (χ0n) is 17.3. The molecule has 0 aliphatic carbocycles. The fraction of sp³-hybridized carbons (Fsp3) is 0.333. The predicted octanol–water partition coefficient (Wildman–Crippen LogP) is 2.08. The van der Waals surface area contributed by atoms with Crippen LogP contribution < -0.4 is 19.5 Å². The van der Waals surface area contributed by atoms with Gasteiger partial charge in [0.05, 0.1) is 4.90 Å². The topological polar surface area (TPSA) is 120 Å². The van der Waals surface area contributed by atoms with Crippen molar-refractivity contribution in [2.24, 2.45) is 0 Å². The largest absolute Gasteiger partial charge is 0.485 e. The van der Waals surface area contributed by atoms with Crippen molar-refractivity contribution in [3.05, 3.63) is 48.5 Å². The van der Waals surface area contributed by atoms with E-state index in [1.807, 2.05) is 0 Å². The van der Waals surface area contributed by atoms with Crippen LogP contribution in [0.25, 0.3) is 0 Å². The van der Waals surface area contributed by atoms with E-state index >= 15 is 0 Å². The number of fused-ring (bicyclic) bond motifs is 1. The van der Waals surface area contributed by atoms with Gasteiger partial charge in [-0.2, -0.15) is 0 Å². The Morgan fingerprint density at radius 1 is 1.03 bits per heavy atom. The van der Waals surface area contributed by atoms with Crippen LogP contribution in [0.2, 0.25) is 0 Å². The molecule has 0 unspecified atom stereocenters. The molecule has 0 bridgehead atoms. The van der Waals surface area contributed by atoms with Crippen LogP contribution >= 0.6 is 0 Å². The summed E-state index contributed by atoms with van der Waals surface area (Å²) >= 11 is 0. The smallest absolute Gasteiger partial charge is 0.351 e. The number of carbonyl (C=O) groups is 2. The van der Waals surface area contributed by atoms with Gasteiger partial charge in [-0.3, -0.25) is 4.79 Å². The molecule has 10 heteroatoms. The monoisotopic (exact) mass is 448 g/mol. The van der Waals surface area contributed by atoms with Crippen LogP contribution in [0.5, 0.6) is 11.5 Å². The van der Waals surface area contributed by atoms with E-state index in [1.54, 1.807) is 38.1 Å². The molecule has 1 heterocycles. The molecule has 1 aliphatic rings. The number of sulfonamides is 1. The Morgan fingerprint density at radius 3 is 2.32 bits per heavy atom. The number of rotatable bonds is 7. The average molecular weight is 448 g/mol. The van der Waals surface area contributed by atoms with E-state index in [2.05, 4.69) is 10.0 Å². The second-order valence-corrected chi connectivity index (χ2v) is 8.95. The molecule has 0 fully saturated rings. The Bertz CT molecular complexity index is 1050. The summed E-state index contributed by atoms with van der Waals surface area (Å²) in [5.41, 5.74) is 0.363.